The van der Waals surface area contributed by atoms with E-state index in [0.717, 1.165) is 63.2 Å². The van der Waals surface area contributed by atoms with Crippen molar-refractivity contribution in [3.63, 3.8) is 0 Å². The zero-order chi connectivity index (χ0) is 24.8. The number of hydrogen-bond acceptors (Lipinski definition) is 5. The summed E-state index contributed by atoms with van der Waals surface area (Å²) < 4.78 is 27.2. The van der Waals surface area contributed by atoms with E-state index >= 15 is 0 Å². The predicted octanol–water partition coefficient (Wildman–Crippen LogP) is 3.88. The number of carbonyl (C=O) groups excluding carboxylic acids is 1. The van der Waals surface area contributed by atoms with Crippen LogP contribution >= 0.6 is 0 Å². The fourth-order valence-corrected chi connectivity index (χ4v) is 6.47. The van der Waals surface area contributed by atoms with Crippen molar-refractivity contribution in [2.45, 2.75) is 50.8 Å². The summed E-state index contributed by atoms with van der Waals surface area (Å²) in [6.45, 7) is 10.8. The number of benzene rings is 2. The van der Waals surface area contributed by atoms with E-state index in [4.69, 9.17) is 0 Å². The first kappa shape index (κ1) is 25.7. The van der Waals surface area contributed by atoms with Gasteiger partial charge >= 0.3 is 0 Å². The molecule has 2 heterocycles. The normalized spacial score (nSPS) is 17.9. The Hall–Kier alpha value is -2.42. The number of hydrogen-bond donors (Lipinski definition) is 1. The number of amides is 1. The van der Waals surface area contributed by atoms with Crippen molar-refractivity contribution in [3.8, 4) is 0 Å². The van der Waals surface area contributed by atoms with Crippen molar-refractivity contribution in [1.82, 2.24) is 9.21 Å². The van der Waals surface area contributed by atoms with Crippen LogP contribution in [0.3, 0.4) is 0 Å². The molecule has 2 aliphatic heterocycles. The van der Waals surface area contributed by atoms with Crippen LogP contribution in [-0.2, 0) is 21.2 Å². The van der Waals surface area contributed by atoms with Gasteiger partial charge in [-0.05, 0) is 74.2 Å². The Morgan fingerprint density at radius 3 is 2.23 bits per heavy atom. The Labute approximate surface area is 210 Å². The average molecular weight is 499 g/mol. The molecule has 8 heteroatoms. The lowest BCUT2D eigenvalue weighted by Crippen LogP contribution is -2.46. The van der Waals surface area contributed by atoms with E-state index in [2.05, 4.69) is 35.0 Å². The van der Waals surface area contributed by atoms with Crippen molar-refractivity contribution < 1.29 is 13.2 Å². The zero-order valence-electron chi connectivity index (χ0n) is 21.0. The number of nitrogens with zero attached hydrogens (tertiary/aromatic N) is 3. The first-order valence-electron chi connectivity index (χ1n) is 12.8. The molecule has 4 rings (SSSR count). The molecule has 0 atom stereocenters. The summed E-state index contributed by atoms with van der Waals surface area (Å²) in [5, 5.41) is 3.01. The summed E-state index contributed by atoms with van der Waals surface area (Å²) in [5.41, 5.74) is 4.17. The number of nitrogens with one attached hydrogen (secondary N) is 1. The first-order valence-corrected chi connectivity index (χ1v) is 14.3. The number of rotatable bonds is 8. The van der Waals surface area contributed by atoms with Gasteiger partial charge in [-0.1, -0.05) is 25.5 Å². The van der Waals surface area contributed by atoms with Crippen LogP contribution in [0.15, 0.2) is 47.4 Å². The molecule has 0 aromatic heterocycles. The molecule has 0 aliphatic carbocycles. The van der Waals surface area contributed by atoms with E-state index in [1.54, 1.807) is 16.4 Å². The minimum Gasteiger partial charge on any atom is -0.369 e. The molecule has 0 bridgehead atoms. The van der Waals surface area contributed by atoms with Crippen molar-refractivity contribution in [2.75, 3.05) is 56.0 Å². The molecule has 2 aromatic carbocycles. The second kappa shape index (κ2) is 11.5. The zero-order valence-corrected chi connectivity index (χ0v) is 21.8. The number of piperazine rings is 1. The number of aryl methyl sites for hydroxylation is 2. The SMILES string of the molecule is CCN1CCN(c2ccc(NC(=O)CCc3ccc(S(=O)(=O)N4CCCCC4)cc3)cc2C)CC1. The Morgan fingerprint density at radius 2 is 1.60 bits per heavy atom. The molecule has 0 saturated carbocycles. The molecule has 2 fully saturated rings. The lowest BCUT2D eigenvalue weighted by Gasteiger charge is -2.36. The van der Waals surface area contributed by atoms with E-state index in [1.807, 2.05) is 24.3 Å². The highest BCUT2D eigenvalue weighted by molar-refractivity contribution is 7.89. The molecular weight excluding hydrogens is 460 g/mol. The first-order chi connectivity index (χ1) is 16.9. The monoisotopic (exact) mass is 498 g/mol. The molecule has 0 radical (unpaired) electrons. The van der Waals surface area contributed by atoms with Crippen molar-refractivity contribution in [1.29, 1.82) is 0 Å². The van der Waals surface area contributed by atoms with Gasteiger partial charge < -0.3 is 15.1 Å². The van der Waals surface area contributed by atoms with Crippen LogP contribution < -0.4 is 10.2 Å². The fourth-order valence-electron chi connectivity index (χ4n) is 4.96. The van der Waals surface area contributed by atoms with Gasteiger partial charge in [0.2, 0.25) is 15.9 Å². The van der Waals surface area contributed by atoms with Crippen LogP contribution in [0.1, 0.15) is 43.7 Å². The standard InChI is InChI=1S/C27H38N4O3S/c1-3-29-17-19-30(20-18-29)26-13-10-24(21-22(26)2)28-27(32)14-9-23-7-11-25(12-8-23)35(33,34)31-15-5-4-6-16-31/h7-8,10-13,21H,3-6,9,14-20H2,1-2H3,(H,28,32). The van der Waals surface area contributed by atoms with Gasteiger partial charge in [-0.25, -0.2) is 8.42 Å². The van der Waals surface area contributed by atoms with Crippen LogP contribution in [0.5, 0.6) is 0 Å². The summed E-state index contributed by atoms with van der Waals surface area (Å²) in [4.78, 5) is 17.8. The van der Waals surface area contributed by atoms with Gasteiger partial charge in [0.05, 0.1) is 4.90 Å². The van der Waals surface area contributed by atoms with Gasteiger partial charge in [0, 0.05) is 57.1 Å². The molecule has 2 aliphatic rings. The predicted molar refractivity (Wildman–Crippen MR) is 142 cm³/mol. The van der Waals surface area contributed by atoms with Gasteiger partial charge in [0.25, 0.3) is 0 Å². The molecule has 2 saturated heterocycles. The molecule has 1 N–H and O–H groups in total. The van der Waals surface area contributed by atoms with E-state index < -0.39 is 10.0 Å². The molecule has 7 nitrogen and oxygen atoms in total. The summed E-state index contributed by atoms with van der Waals surface area (Å²) in [6, 6.07) is 13.1. The summed E-state index contributed by atoms with van der Waals surface area (Å²) >= 11 is 0. The van der Waals surface area contributed by atoms with Crippen LogP contribution in [0, 0.1) is 6.92 Å². The molecule has 0 spiro atoms. The van der Waals surface area contributed by atoms with Gasteiger partial charge in [-0.15, -0.1) is 0 Å². The second-order valence-corrected chi connectivity index (χ2v) is 11.5. The third-order valence-corrected chi connectivity index (χ3v) is 9.07. The Balaban J connectivity index is 1.28. The van der Waals surface area contributed by atoms with Gasteiger partial charge in [0.15, 0.2) is 0 Å². The molecule has 0 unspecified atom stereocenters. The maximum absolute atomic E-state index is 12.8. The third-order valence-electron chi connectivity index (χ3n) is 7.16. The Bertz CT molecular complexity index is 1100. The van der Waals surface area contributed by atoms with Crippen LogP contribution in [0.25, 0.3) is 0 Å². The molecule has 1 amide bonds. The second-order valence-electron chi connectivity index (χ2n) is 9.58. The quantitative estimate of drug-likeness (QED) is 0.598. The van der Waals surface area contributed by atoms with Gasteiger partial charge in [-0.3, -0.25) is 4.79 Å². The number of piperidine rings is 1. The largest absolute Gasteiger partial charge is 0.369 e. The number of anilines is 2. The number of carbonyl (C=O) groups is 1. The Kier molecular flexibility index (Phi) is 8.46. The smallest absolute Gasteiger partial charge is 0.243 e. The van der Waals surface area contributed by atoms with Crippen molar-refractivity contribution >= 4 is 27.3 Å². The van der Waals surface area contributed by atoms with Crippen molar-refractivity contribution in [2.24, 2.45) is 0 Å². The topological polar surface area (TPSA) is 73.0 Å². The Morgan fingerprint density at radius 1 is 0.914 bits per heavy atom. The molecule has 190 valence electrons. The van der Waals surface area contributed by atoms with Crippen molar-refractivity contribution in [3.05, 3.63) is 53.6 Å². The molecule has 2 aromatic rings. The van der Waals surface area contributed by atoms with E-state index in [9.17, 15) is 13.2 Å². The minimum atomic E-state index is -3.42. The minimum absolute atomic E-state index is 0.0428. The maximum atomic E-state index is 12.8. The number of sulfonamides is 1. The maximum Gasteiger partial charge on any atom is 0.243 e. The fraction of sp³-hybridized carbons (Fsp3) is 0.519. The molecule has 35 heavy (non-hydrogen) atoms. The lowest BCUT2D eigenvalue weighted by atomic mass is 10.1. The highest BCUT2D eigenvalue weighted by atomic mass is 32.2. The van der Waals surface area contributed by atoms with Crippen LogP contribution in [0.2, 0.25) is 0 Å². The summed E-state index contributed by atoms with van der Waals surface area (Å²) in [6.07, 6.45) is 3.84. The highest BCUT2D eigenvalue weighted by Crippen LogP contribution is 2.25. The average Bonchev–Trinajstić information content (AvgIpc) is 2.88. The number of likely N-dealkylation sites (N-methyl/N-ethyl adjacent to an activating group) is 1. The van der Waals surface area contributed by atoms with E-state index in [-0.39, 0.29) is 5.91 Å². The highest BCUT2D eigenvalue weighted by Gasteiger charge is 2.25. The van der Waals surface area contributed by atoms with E-state index in [0.29, 0.717) is 30.8 Å². The summed E-state index contributed by atoms with van der Waals surface area (Å²) in [5.74, 6) is -0.0428. The molecular formula is C27H38N4O3S. The van der Waals surface area contributed by atoms with Gasteiger partial charge in [0.1, 0.15) is 0 Å². The third kappa shape index (κ3) is 6.42. The van der Waals surface area contributed by atoms with Gasteiger partial charge in [-0.2, -0.15) is 4.31 Å². The van der Waals surface area contributed by atoms with Crippen LogP contribution in [-0.4, -0.2) is 69.3 Å². The summed E-state index contributed by atoms with van der Waals surface area (Å²) in [7, 11) is -3.42. The van der Waals surface area contributed by atoms with Crippen LogP contribution in [0.4, 0.5) is 11.4 Å². The van der Waals surface area contributed by atoms with E-state index in [1.165, 1.54) is 11.3 Å². The lowest BCUT2D eigenvalue weighted by molar-refractivity contribution is -0.116.